The zero-order chi connectivity index (χ0) is 11.4. The number of nitrogens with zero attached hydrogens (tertiary/aromatic N) is 1. The van der Waals surface area contributed by atoms with Crippen molar-refractivity contribution >= 4 is 11.4 Å². The number of nitro benzene ring substituents is 1. The van der Waals surface area contributed by atoms with E-state index in [2.05, 4.69) is 5.32 Å². The van der Waals surface area contributed by atoms with Crippen LogP contribution in [0.1, 0.15) is 5.76 Å². The largest absolute Gasteiger partial charge is 0.467 e. The number of furan rings is 1. The molecule has 0 radical (unpaired) electrons. The molecule has 0 amide bonds. The summed E-state index contributed by atoms with van der Waals surface area (Å²) in [6.07, 6.45) is 1.59. The highest BCUT2D eigenvalue weighted by Gasteiger charge is 2.05. The summed E-state index contributed by atoms with van der Waals surface area (Å²) < 4.78 is 5.14. The van der Waals surface area contributed by atoms with E-state index in [1.54, 1.807) is 24.5 Å². The Morgan fingerprint density at radius 2 is 2.19 bits per heavy atom. The second-order valence-electron chi connectivity index (χ2n) is 3.24. The molecular weight excluding hydrogens is 208 g/mol. The van der Waals surface area contributed by atoms with Gasteiger partial charge in [-0.25, -0.2) is 0 Å². The van der Waals surface area contributed by atoms with Crippen LogP contribution in [0.2, 0.25) is 0 Å². The molecule has 0 saturated heterocycles. The molecule has 1 aromatic carbocycles. The fraction of sp³-hybridized carbons (Fsp3) is 0.0909. The molecule has 0 aliphatic carbocycles. The summed E-state index contributed by atoms with van der Waals surface area (Å²) in [6, 6.07) is 9.99. The minimum absolute atomic E-state index is 0.0736. The number of nitrogens with one attached hydrogen (secondary N) is 1. The van der Waals surface area contributed by atoms with Crippen LogP contribution in [0.25, 0.3) is 0 Å². The Labute approximate surface area is 91.9 Å². The van der Waals surface area contributed by atoms with Gasteiger partial charge in [0.1, 0.15) is 5.76 Å². The van der Waals surface area contributed by atoms with Crippen LogP contribution in [0.5, 0.6) is 0 Å². The Morgan fingerprint density at radius 3 is 2.88 bits per heavy atom. The molecule has 0 saturated carbocycles. The minimum atomic E-state index is -0.419. The fourth-order valence-corrected chi connectivity index (χ4v) is 1.33. The predicted octanol–water partition coefficient (Wildman–Crippen LogP) is 2.80. The molecule has 0 fully saturated rings. The Balaban J connectivity index is 2.04. The second kappa shape index (κ2) is 4.48. The zero-order valence-electron chi connectivity index (χ0n) is 8.42. The van der Waals surface area contributed by atoms with Crippen molar-refractivity contribution in [1.82, 2.24) is 0 Å². The molecule has 0 unspecified atom stereocenters. The van der Waals surface area contributed by atoms with Gasteiger partial charge < -0.3 is 9.73 Å². The van der Waals surface area contributed by atoms with Crippen molar-refractivity contribution in [3.8, 4) is 0 Å². The lowest BCUT2D eigenvalue weighted by Gasteiger charge is -2.03. The van der Waals surface area contributed by atoms with Crippen LogP contribution in [0, 0.1) is 10.1 Å². The Bertz CT molecular complexity index is 480. The van der Waals surface area contributed by atoms with E-state index in [-0.39, 0.29) is 5.69 Å². The lowest BCUT2D eigenvalue weighted by Crippen LogP contribution is -1.98. The highest BCUT2D eigenvalue weighted by Crippen LogP contribution is 2.17. The molecule has 16 heavy (non-hydrogen) atoms. The summed E-state index contributed by atoms with van der Waals surface area (Å²) in [5.41, 5.74) is 0.773. The first-order chi connectivity index (χ1) is 7.75. The third kappa shape index (κ3) is 2.38. The van der Waals surface area contributed by atoms with E-state index < -0.39 is 4.92 Å². The summed E-state index contributed by atoms with van der Waals surface area (Å²) in [7, 11) is 0. The Hall–Kier alpha value is -2.30. The molecule has 1 aromatic heterocycles. The van der Waals surface area contributed by atoms with E-state index in [1.807, 2.05) is 6.07 Å². The van der Waals surface area contributed by atoms with Gasteiger partial charge in [0.05, 0.1) is 17.7 Å². The van der Waals surface area contributed by atoms with Crippen LogP contribution in [0.4, 0.5) is 11.4 Å². The van der Waals surface area contributed by atoms with Crippen molar-refractivity contribution in [3.63, 3.8) is 0 Å². The molecule has 0 bridgehead atoms. The Morgan fingerprint density at radius 1 is 1.31 bits per heavy atom. The number of anilines is 1. The summed E-state index contributed by atoms with van der Waals surface area (Å²) in [6.45, 7) is 0.508. The van der Waals surface area contributed by atoms with E-state index in [9.17, 15) is 10.1 Å². The van der Waals surface area contributed by atoms with Gasteiger partial charge in [0, 0.05) is 17.8 Å². The van der Waals surface area contributed by atoms with Crippen molar-refractivity contribution in [1.29, 1.82) is 0 Å². The number of hydrogen-bond donors (Lipinski definition) is 1. The highest BCUT2D eigenvalue weighted by molar-refractivity contribution is 5.50. The first kappa shape index (κ1) is 10.2. The van der Waals surface area contributed by atoms with E-state index in [1.165, 1.54) is 12.1 Å². The van der Waals surface area contributed by atoms with Gasteiger partial charge in [0.25, 0.3) is 5.69 Å². The number of benzene rings is 1. The average Bonchev–Trinajstić information content (AvgIpc) is 2.79. The minimum Gasteiger partial charge on any atom is -0.467 e. The van der Waals surface area contributed by atoms with Crippen molar-refractivity contribution in [2.45, 2.75) is 6.54 Å². The second-order valence-corrected chi connectivity index (χ2v) is 3.24. The van der Waals surface area contributed by atoms with Crippen molar-refractivity contribution in [2.24, 2.45) is 0 Å². The number of hydrogen-bond acceptors (Lipinski definition) is 4. The van der Waals surface area contributed by atoms with Gasteiger partial charge in [0.2, 0.25) is 0 Å². The molecule has 2 aromatic rings. The van der Waals surface area contributed by atoms with Gasteiger partial charge >= 0.3 is 0 Å². The van der Waals surface area contributed by atoms with Crippen molar-refractivity contribution < 1.29 is 9.34 Å². The Kier molecular flexibility index (Phi) is 2.86. The first-order valence-electron chi connectivity index (χ1n) is 4.76. The van der Waals surface area contributed by atoms with Gasteiger partial charge in [-0.2, -0.15) is 0 Å². The van der Waals surface area contributed by atoms with Gasteiger partial charge in [-0.3, -0.25) is 10.1 Å². The zero-order valence-corrected chi connectivity index (χ0v) is 8.42. The van der Waals surface area contributed by atoms with Gasteiger partial charge in [-0.05, 0) is 18.2 Å². The molecule has 1 N–H and O–H groups in total. The first-order valence-corrected chi connectivity index (χ1v) is 4.76. The molecule has 0 aliphatic heterocycles. The molecule has 2 rings (SSSR count). The predicted molar refractivity (Wildman–Crippen MR) is 59.1 cm³/mol. The quantitative estimate of drug-likeness (QED) is 0.632. The third-order valence-corrected chi connectivity index (χ3v) is 2.10. The molecule has 5 heteroatoms. The maximum Gasteiger partial charge on any atom is 0.271 e. The SMILES string of the molecule is O=[N+]([O-])c1cccc(NCc2ccco2)c1. The molecular formula is C11H10N2O3. The fourth-order valence-electron chi connectivity index (χ4n) is 1.33. The summed E-state index contributed by atoms with van der Waals surface area (Å²) in [5.74, 6) is 0.784. The molecule has 5 nitrogen and oxygen atoms in total. The van der Waals surface area contributed by atoms with Crippen LogP contribution < -0.4 is 5.32 Å². The van der Waals surface area contributed by atoms with Crippen LogP contribution in [-0.2, 0) is 6.54 Å². The van der Waals surface area contributed by atoms with Crippen LogP contribution in [0.3, 0.4) is 0 Å². The standard InChI is InChI=1S/C11H10N2O3/c14-13(15)10-4-1-3-9(7-10)12-8-11-5-2-6-16-11/h1-7,12H,8H2. The molecule has 0 spiro atoms. The molecule has 0 aliphatic rings. The van der Waals surface area contributed by atoms with Gasteiger partial charge in [0.15, 0.2) is 0 Å². The maximum atomic E-state index is 10.5. The number of non-ortho nitro benzene ring substituents is 1. The van der Waals surface area contributed by atoms with Crippen molar-refractivity contribution in [2.75, 3.05) is 5.32 Å². The number of nitro groups is 1. The van der Waals surface area contributed by atoms with E-state index in [0.717, 1.165) is 5.76 Å². The topological polar surface area (TPSA) is 68.3 Å². The van der Waals surface area contributed by atoms with E-state index >= 15 is 0 Å². The maximum absolute atomic E-state index is 10.5. The normalized spacial score (nSPS) is 10.0. The van der Waals surface area contributed by atoms with Crippen LogP contribution >= 0.6 is 0 Å². The molecule has 1 heterocycles. The lowest BCUT2D eigenvalue weighted by atomic mass is 10.3. The smallest absolute Gasteiger partial charge is 0.271 e. The summed E-state index contributed by atoms with van der Waals surface area (Å²) >= 11 is 0. The van der Waals surface area contributed by atoms with Gasteiger partial charge in [-0.1, -0.05) is 6.07 Å². The van der Waals surface area contributed by atoms with E-state index in [4.69, 9.17) is 4.42 Å². The monoisotopic (exact) mass is 218 g/mol. The average molecular weight is 218 g/mol. The van der Waals surface area contributed by atoms with Crippen LogP contribution in [0.15, 0.2) is 47.1 Å². The van der Waals surface area contributed by atoms with Crippen LogP contribution in [-0.4, -0.2) is 4.92 Å². The van der Waals surface area contributed by atoms with Gasteiger partial charge in [-0.15, -0.1) is 0 Å². The lowest BCUT2D eigenvalue weighted by molar-refractivity contribution is -0.384. The molecule has 82 valence electrons. The summed E-state index contributed by atoms with van der Waals surface area (Å²) in [5, 5.41) is 13.6. The molecule has 0 atom stereocenters. The van der Waals surface area contributed by atoms with Crippen molar-refractivity contribution in [3.05, 3.63) is 58.5 Å². The number of rotatable bonds is 4. The highest BCUT2D eigenvalue weighted by atomic mass is 16.6. The summed E-state index contributed by atoms with van der Waals surface area (Å²) in [4.78, 5) is 10.1. The van der Waals surface area contributed by atoms with E-state index in [0.29, 0.717) is 12.2 Å². The third-order valence-electron chi connectivity index (χ3n) is 2.10.